The van der Waals surface area contributed by atoms with Crippen molar-refractivity contribution in [2.75, 3.05) is 5.75 Å². The molecule has 1 aromatic carbocycles. The molecule has 122 valence electrons. The predicted octanol–water partition coefficient (Wildman–Crippen LogP) is 1.96. The Hall–Kier alpha value is -2.06. The highest BCUT2D eigenvalue weighted by Gasteiger charge is 2.11. The van der Waals surface area contributed by atoms with Gasteiger partial charge >= 0.3 is 0 Å². The first-order chi connectivity index (χ1) is 11.1. The summed E-state index contributed by atoms with van der Waals surface area (Å²) >= 11 is 1.66. The summed E-state index contributed by atoms with van der Waals surface area (Å²) in [5, 5.41) is 3.74. The topological polar surface area (TPSA) is 97.4 Å². The summed E-state index contributed by atoms with van der Waals surface area (Å²) in [7, 11) is -3.66. The Labute approximate surface area is 140 Å². The number of thioether (sulfide) groups is 1. The normalized spacial score (nSPS) is 12.1. The van der Waals surface area contributed by atoms with Crippen molar-refractivity contribution in [3.8, 4) is 0 Å². The number of nitrogens with one attached hydrogen (secondary N) is 1. The second-order valence-corrected chi connectivity index (χ2v) is 7.40. The van der Waals surface area contributed by atoms with Gasteiger partial charge in [0.05, 0.1) is 10.6 Å². The van der Waals surface area contributed by atoms with Crippen LogP contribution in [0.4, 0.5) is 0 Å². The third-order valence-corrected chi connectivity index (χ3v) is 5.06. The van der Waals surface area contributed by atoms with E-state index in [9.17, 15) is 8.42 Å². The zero-order valence-electron chi connectivity index (χ0n) is 12.4. The summed E-state index contributed by atoms with van der Waals surface area (Å²) < 4.78 is 23.9. The highest BCUT2D eigenvalue weighted by Crippen LogP contribution is 2.10. The van der Waals surface area contributed by atoms with Crippen LogP contribution in [0.25, 0.3) is 0 Å². The monoisotopic (exact) mass is 350 g/mol. The molecule has 0 fully saturated rings. The van der Waals surface area contributed by atoms with Crippen molar-refractivity contribution in [2.24, 2.45) is 10.8 Å². The third-order valence-electron chi connectivity index (χ3n) is 2.84. The van der Waals surface area contributed by atoms with Gasteiger partial charge in [0, 0.05) is 24.1 Å². The molecule has 2 rings (SSSR count). The van der Waals surface area contributed by atoms with E-state index in [1.165, 1.54) is 12.1 Å². The molecule has 0 aliphatic heterocycles. The van der Waals surface area contributed by atoms with Crippen molar-refractivity contribution in [2.45, 2.75) is 17.1 Å². The van der Waals surface area contributed by atoms with Crippen LogP contribution in [0.15, 0.2) is 64.7 Å². The first-order valence-corrected chi connectivity index (χ1v) is 9.58. The Morgan fingerprint density at radius 3 is 2.61 bits per heavy atom. The van der Waals surface area contributed by atoms with Gasteiger partial charge < -0.3 is 5.73 Å². The maximum absolute atomic E-state index is 12.0. The van der Waals surface area contributed by atoms with Gasteiger partial charge in [0.15, 0.2) is 0 Å². The average molecular weight is 350 g/mol. The van der Waals surface area contributed by atoms with Gasteiger partial charge in [-0.15, -0.1) is 0 Å². The molecule has 0 bridgehead atoms. The fourth-order valence-electron chi connectivity index (χ4n) is 1.66. The summed E-state index contributed by atoms with van der Waals surface area (Å²) in [6.45, 7) is 0. The number of amidine groups is 1. The van der Waals surface area contributed by atoms with Gasteiger partial charge in [0.1, 0.15) is 5.84 Å². The molecule has 23 heavy (non-hydrogen) atoms. The Bertz CT molecular complexity index is 735. The number of aromatic nitrogens is 1. The largest absolute Gasteiger partial charge is 0.386 e. The molecular formula is C15H18N4O2S2. The van der Waals surface area contributed by atoms with Crippen molar-refractivity contribution >= 4 is 27.6 Å². The lowest BCUT2D eigenvalue weighted by Crippen LogP contribution is -2.24. The van der Waals surface area contributed by atoms with Crippen LogP contribution in [0.5, 0.6) is 0 Å². The molecule has 6 nitrogen and oxygen atoms in total. The number of hydrogen-bond donors (Lipinski definition) is 2. The van der Waals surface area contributed by atoms with Crippen LogP contribution in [0.1, 0.15) is 12.1 Å². The second kappa shape index (κ2) is 8.54. The maximum Gasteiger partial charge on any atom is 0.276 e. The van der Waals surface area contributed by atoms with Crippen LogP contribution in [-0.2, 0) is 15.8 Å². The molecule has 3 N–H and O–H groups in total. The summed E-state index contributed by atoms with van der Waals surface area (Å²) in [5.41, 5.74) is 6.73. The minimum Gasteiger partial charge on any atom is -0.386 e. The minimum atomic E-state index is -3.66. The first-order valence-electron chi connectivity index (χ1n) is 6.94. The first kappa shape index (κ1) is 17.3. The summed E-state index contributed by atoms with van der Waals surface area (Å²) in [6, 6.07) is 13.8. The fourth-order valence-corrected chi connectivity index (χ4v) is 3.40. The SMILES string of the molecule is NC(CCSCc1ccccn1)=NNS(=O)(=O)c1ccccc1. The highest BCUT2D eigenvalue weighted by molar-refractivity contribution is 7.98. The van der Waals surface area contributed by atoms with E-state index in [4.69, 9.17) is 5.73 Å². The zero-order chi connectivity index (χ0) is 16.5. The molecular weight excluding hydrogens is 332 g/mol. The minimum absolute atomic E-state index is 0.154. The van der Waals surface area contributed by atoms with Gasteiger partial charge in [0.2, 0.25) is 0 Å². The van der Waals surface area contributed by atoms with Crippen LogP contribution in [0.2, 0.25) is 0 Å². The summed E-state index contributed by atoms with van der Waals surface area (Å²) in [4.78, 5) is 6.52. The second-order valence-electron chi connectivity index (χ2n) is 4.63. The van der Waals surface area contributed by atoms with Crippen molar-refractivity contribution in [1.82, 2.24) is 9.82 Å². The number of rotatable bonds is 8. The van der Waals surface area contributed by atoms with Gasteiger partial charge in [-0.25, -0.2) is 0 Å². The fraction of sp³-hybridized carbons (Fsp3) is 0.200. The van der Waals surface area contributed by atoms with E-state index in [0.717, 1.165) is 17.2 Å². The lowest BCUT2D eigenvalue weighted by atomic mass is 10.4. The average Bonchev–Trinajstić information content (AvgIpc) is 2.59. The Morgan fingerprint density at radius 1 is 1.17 bits per heavy atom. The van der Waals surface area contributed by atoms with E-state index in [1.807, 2.05) is 18.2 Å². The van der Waals surface area contributed by atoms with E-state index in [2.05, 4.69) is 14.9 Å². The van der Waals surface area contributed by atoms with Gasteiger partial charge in [-0.2, -0.15) is 30.1 Å². The van der Waals surface area contributed by atoms with Crippen LogP contribution in [0.3, 0.4) is 0 Å². The van der Waals surface area contributed by atoms with Gasteiger partial charge in [-0.1, -0.05) is 24.3 Å². The van der Waals surface area contributed by atoms with Crippen molar-refractivity contribution in [3.63, 3.8) is 0 Å². The number of hydrazone groups is 1. The molecule has 0 aliphatic rings. The summed E-state index contributed by atoms with van der Waals surface area (Å²) in [5.74, 6) is 1.76. The maximum atomic E-state index is 12.0. The molecule has 2 aromatic rings. The van der Waals surface area contributed by atoms with Crippen LogP contribution in [0, 0.1) is 0 Å². The Kier molecular flexibility index (Phi) is 6.42. The third kappa shape index (κ3) is 5.91. The van der Waals surface area contributed by atoms with Gasteiger partial charge in [-0.3, -0.25) is 4.98 Å². The van der Waals surface area contributed by atoms with E-state index < -0.39 is 10.0 Å². The van der Waals surface area contributed by atoms with Gasteiger partial charge in [0.25, 0.3) is 10.0 Å². The smallest absolute Gasteiger partial charge is 0.276 e. The number of sulfonamides is 1. The molecule has 0 spiro atoms. The molecule has 1 heterocycles. The molecule has 0 radical (unpaired) electrons. The summed E-state index contributed by atoms with van der Waals surface area (Å²) in [6.07, 6.45) is 2.25. The van der Waals surface area contributed by atoms with Crippen LogP contribution >= 0.6 is 11.8 Å². The van der Waals surface area contributed by atoms with E-state index in [0.29, 0.717) is 6.42 Å². The molecule has 0 atom stereocenters. The number of nitrogens with two attached hydrogens (primary N) is 1. The van der Waals surface area contributed by atoms with E-state index >= 15 is 0 Å². The Balaban J connectivity index is 1.77. The van der Waals surface area contributed by atoms with Gasteiger partial charge in [-0.05, 0) is 24.3 Å². The number of pyridine rings is 1. The molecule has 1 aromatic heterocycles. The van der Waals surface area contributed by atoms with Crippen molar-refractivity contribution < 1.29 is 8.42 Å². The number of hydrogen-bond acceptors (Lipinski definition) is 5. The molecule has 0 saturated heterocycles. The standard InChI is InChI=1S/C15H18N4O2S2/c16-15(9-11-22-12-13-6-4-5-10-17-13)18-19-23(20,21)14-7-2-1-3-8-14/h1-8,10,19H,9,11-12H2,(H2,16,18). The highest BCUT2D eigenvalue weighted by atomic mass is 32.2. The van der Waals surface area contributed by atoms with Crippen molar-refractivity contribution in [3.05, 3.63) is 60.4 Å². The number of nitrogens with zero attached hydrogens (tertiary/aromatic N) is 2. The van der Waals surface area contributed by atoms with E-state index in [-0.39, 0.29) is 10.7 Å². The molecule has 0 amide bonds. The molecule has 8 heteroatoms. The predicted molar refractivity (Wildman–Crippen MR) is 93.4 cm³/mol. The zero-order valence-corrected chi connectivity index (χ0v) is 14.1. The Morgan fingerprint density at radius 2 is 1.91 bits per heavy atom. The molecule has 0 saturated carbocycles. The quantitative estimate of drug-likeness (QED) is 0.328. The lowest BCUT2D eigenvalue weighted by Gasteiger charge is -2.05. The van der Waals surface area contributed by atoms with Crippen LogP contribution in [-0.4, -0.2) is 25.0 Å². The molecule has 0 unspecified atom stereocenters. The van der Waals surface area contributed by atoms with Crippen molar-refractivity contribution in [1.29, 1.82) is 0 Å². The lowest BCUT2D eigenvalue weighted by molar-refractivity contribution is 0.584. The number of benzene rings is 1. The van der Waals surface area contributed by atoms with Crippen LogP contribution < -0.4 is 10.6 Å². The van der Waals surface area contributed by atoms with E-state index in [1.54, 1.807) is 36.2 Å². The molecule has 0 aliphatic carbocycles.